The lowest BCUT2D eigenvalue weighted by Crippen LogP contribution is -2.01. The van der Waals surface area contributed by atoms with Crippen LogP contribution in [0.5, 0.6) is 0 Å². The predicted molar refractivity (Wildman–Crippen MR) is 69.7 cm³/mol. The average molecular weight is 254 g/mol. The highest BCUT2D eigenvalue weighted by molar-refractivity contribution is 7.85. The Bertz CT molecular complexity index is 528. The molecule has 0 bridgehead atoms. The lowest BCUT2D eigenvalue weighted by molar-refractivity contribution is 0.483. The Kier molecular flexibility index (Phi) is 4.11. The summed E-state index contributed by atoms with van der Waals surface area (Å²) in [4.78, 5) is -0.0618. The van der Waals surface area contributed by atoms with E-state index in [4.69, 9.17) is 4.55 Å². The van der Waals surface area contributed by atoms with Crippen molar-refractivity contribution in [2.75, 3.05) is 0 Å². The van der Waals surface area contributed by atoms with Crippen LogP contribution in [0, 0.1) is 0 Å². The van der Waals surface area contributed by atoms with E-state index in [1.807, 2.05) is 26.8 Å². The van der Waals surface area contributed by atoms with Crippen LogP contribution in [0.15, 0.2) is 29.7 Å². The molecule has 0 spiro atoms. The molecule has 3 nitrogen and oxygen atoms in total. The molecule has 94 valence electrons. The molecule has 0 unspecified atom stereocenters. The molecule has 0 fully saturated rings. The summed E-state index contributed by atoms with van der Waals surface area (Å²) in [7, 11) is -4.16. The Morgan fingerprint density at radius 2 is 1.94 bits per heavy atom. The zero-order chi connectivity index (χ0) is 13.2. The number of rotatable bonds is 4. The topological polar surface area (TPSA) is 54.4 Å². The molecule has 0 radical (unpaired) electrons. The maximum Gasteiger partial charge on any atom is 0.294 e. The minimum absolute atomic E-state index is 0.0618. The van der Waals surface area contributed by atoms with E-state index in [1.165, 1.54) is 12.1 Å². The Hall–Kier alpha value is -1.13. The maximum absolute atomic E-state index is 11.2. The summed E-state index contributed by atoms with van der Waals surface area (Å²) in [6.07, 6.45) is 0.743. The summed E-state index contributed by atoms with van der Waals surface area (Å²) in [5.41, 5.74) is 2.51. The lowest BCUT2D eigenvalue weighted by atomic mass is 9.97. The number of allylic oxidation sites excluding steroid dienone is 1. The molecular formula is C13H18O3S. The molecule has 0 aliphatic carbocycles. The van der Waals surface area contributed by atoms with Crippen LogP contribution in [-0.2, 0) is 10.1 Å². The van der Waals surface area contributed by atoms with Gasteiger partial charge >= 0.3 is 0 Å². The van der Waals surface area contributed by atoms with Crippen LogP contribution >= 0.6 is 0 Å². The highest BCUT2D eigenvalue weighted by Gasteiger charge is 2.14. The van der Waals surface area contributed by atoms with Crippen LogP contribution in [0.1, 0.15) is 44.2 Å². The molecule has 0 aliphatic rings. The van der Waals surface area contributed by atoms with E-state index in [2.05, 4.69) is 6.58 Å². The van der Waals surface area contributed by atoms with Crippen molar-refractivity contribution in [3.8, 4) is 0 Å². The predicted octanol–water partition coefficient (Wildman–Crippen LogP) is 3.48. The molecule has 17 heavy (non-hydrogen) atoms. The first-order valence-corrected chi connectivity index (χ1v) is 7.00. The second-order valence-corrected chi connectivity index (χ2v) is 5.80. The SMILES string of the molecule is C=C(CC)c1cc(C(C)C)cc(S(=O)(=O)O)c1. The molecule has 0 heterocycles. The fourth-order valence-corrected chi connectivity index (χ4v) is 2.07. The smallest absolute Gasteiger partial charge is 0.282 e. The first-order chi connectivity index (χ1) is 7.75. The van der Waals surface area contributed by atoms with Crippen LogP contribution in [0.3, 0.4) is 0 Å². The minimum atomic E-state index is -4.16. The molecule has 1 N–H and O–H groups in total. The Labute approximate surface area is 103 Å². The molecular weight excluding hydrogens is 236 g/mol. The van der Waals surface area contributed by atoms with Crippen molar-refractivity contribution < 1.29 is 13.0 Å². The summed E-state index contributed by atoms with van der Waals surface area (Å²) in [5, 5.41) is 0. The molecule has 0 aromatic heterocycles. The average Bonchev–Trinajstić information content (AvgIpc) is 2.26. The lowest BCUT2D eigenvalue weighted by Gasteiger charge is -2.11. The normalized spacial score (nSPS) is 11.8. The number of benzene rings is 1. The summed E-state index contributed by atoms with van der Waals surface area (Å²) in [5.74, 6) is 0.195. The summed E-state index contributed by atoms with van der Waals surface area (Å²) in [6.45, 7) is 9.79. The van der Waals surface area contributed by atoms with Gasteiger partial charge in [0.2, 0.25) is 0 Å². The van der Waals surface area contributed by atoms with Gasteiger partial charge in [0.1, 0.15) is 0 Å². The first kappa shape index (κ1) is 13.9. The summed E-state index contributed by atoms with van der Waals surface area (Å²) < 4.78 is 31.5. The third kappa shape index (κ3) is 3.41. The first-order valence-electron chi connectivity index (χ1n) is 5.56. The van der Waals surface area contributed by atoms with Crippen molar-refractivity contribution in [3.63, 3.8) is 0 Å². The van der Waals surface area contributed by atoms with Crippen molar-refractivity contribution in [2.45, 2.75) is 38.0 Å². The molecule has 0 saturated carbocycles. The van der Waals surface area contributed by atoms with Crippen molar-refractivity contribution in [1.29, 1.82) is 0 Å². The van der Waals surface area contributed by atoms with Gasteiger partial charge in [0.25, 0.3) is 10.1 Å². The van der Waals surface area contributed by atoms with Gasteiger partial charge in [-0.3, -0.25) is 4.55 Å². The second kappa shape index (κ2) is 5.02. The Morgan fingerprint density at radius 1 is 1.35 bits per heavy atom. The Morgan fingerprint density at radius 3 is 2.35 bits per heavy atom. The quantitative estimate of drug-likeness (QED) is 0.837. The molecule has 0 saturated heterocycles. The molecule has 1 aromatic rings. The van der Waals surface area contributed by atoms with E-state index in [1.54, 1.807) is 0 Å². The largest absolute Gasteiger partial charge is 0.294 e. The van der Waals surface area contributed by atoms with Crippen LogP contribution in [-0.4, -0.2) is 13.0 Å². The van der Waals surface area contributed by atoms with E-state index in [0.717, 1.165) is 23.1 Å². The number of hydrogen-bond acceptors (Lipinski definition) is 2. The van der Waals surface area contributed by atoms with Gasteiger partial charge in [0.15, 0.2) is 0 Å². The van der Waals surface area contributed by atoms with Gasteiger partial charge in [-0.2, -0.15) is 8.42 Å². The van der Waals surface area contributed by atoms with Gasteiger partial charge in [-0.1, -0.05) is 33.4 Å². The van der Waals surface area contributed by atoms with Crippen molar-refractivity contribution in [3.05, 3.63) is 35.9 Å². The molecule has 4 heteroatoms. The van der Waals surface area contributed by atoms with Gasteiger partial charge in [-0.05, 0) is 41.2 Å². The van der Waals surface area contributed by atoms with Gasteiger partial charge in [-0.15, -0.1) is 0 Å². The molecule has 1 rings (SSSR count). The third-order valence-electron chi connectivity index (χ3n) is 2.73. The van der Waals surface area contributed by atoms with Gasteiger partial charge < -0.3 is 0 Å². The summed E-state index contributed by atoms with van der Waals surface area (Å²) >= 11 is 0. The van der Waals surface area contributed by atoms with E-state index >= 15 is 0 Å². The van der Waals surface area contributed by atoms with Gasteiger partial charge in [0.05, 0.1) is 4.90 Å². The van der Waals surface area contributed by atoms with Gasteiger partial charge in [-0.25, -0.2) is 0 Å². The standard InChI is InChI=1S/C13H18O3S/c1-5-10(4)12-6-11(9(2)3)7-13(8-12)17(14,15)16/h6-9H,4-5H2,1-3H3,(H,14,15,16). The highest BCUT2D eigenvalue weighted by Crippen LogP contribution is 2.25. The third-order valence-corrected chi connectivity index (χ3v) is 3.56. The maximum atomic E-state index is 11.2. The zero-order valence-corrected chi connectivity index (χ0v) is 11.2. The molecule has 0 atom stereocenters. The van der Waals surface area contributed by atoms with E-state index in [-0.39, 0.29) is 10.8 Å². The van der Waals surface area contributed by atoms with E-state index in [0.29, 0.717) is 0 Å². The molecule has 0 aliphatic heterocycles. The second-order valence-electron chi connectivity index (χ2n) is 4.38. The van der Waals surface area contributed by atoms with E-state index in [9.17, 15) is 8.42 Å². The van der Waals surface area contributed by atoms with Crippen molar-refractivity contribution in [2.24, 2.45) is 0 Å². The fraction of sp³-hybridized carbons (Fsp3) is 0.385. The minimum Gasteiger partial charge on any atom is -0.282 e. The summed E-state index contributed by atoms with van der Waals surface area (Å²) in [6, 6.07) is 4.89. The van der Waals surface area contributed by atoms with Crippen LogP contribution in [0.25, 0.3) is 5.57 Å². The van der Waals surface area contributed by atoms with Crippen molar-refractivity contribution >= 4 is 15.7 Å². The van der Waals surface area contributed by atoms with Crippen LogP contribution in [0.4, 0.5) is 0 Å². The van der Waals surface area contributed by atoms with Crippen molar-refractivity contribution in [1.82, 2.24) is 0 Å². The highest BCUT2D eigenvalue weighted by atomic mass is 32.2. The van der Waals surface area contributed by atoms with Gasteiger partial charge in [0, 0.05) is 0 Å². The van der Waals surface area contributed by atoms with E-state index < -0.39 is 10.1 Å². The monoisotopic (exact) mass is 254 g/mol. The number of hydrogen-bond donors (Lipinski definition) is 1. The molecule has 1 aromatic carbocycles. The fourth-order valence-electron chi connectivity index (χ4n) is 1.51. The zero-order valence-electron chi connectivity index (χ0n) is 10.4. The van der Waals surface area contributed by atoms with Crippen LogP contribution in [0.2, 0.25) is 0 Å². The Balaban J connectivity index is 3.44. The van der Waals surface area contributed by atoms with Crippen LogP contribution < -0.4 is 0 Å². The molecule has 0 amide bonds.